The number of carbonyl (C=O) groups excluding carboxylic acids is 2. The normalized spacial score (nSPS) is 13.4. The zero-order valence-corrected chi connectivity index (χ0v) is 20.9. The van der Waals surface area contributed by atoms with Crippen molar-refractivity contribution in [2.24, 2.45) is 0 Å². The Morgan fingerprint density at radius 2 is 1.53 bits per heavy atom. The average molecular weight is 517 g/mol. The van der Waals surface area contributed by atoms with Gasteiger partial charge in [-0.15, -0.1) is 0 Å². The number of halogens is 1. The Labute approximate surface area is 224 Å². The molecule has 1 aliphatic rings. The summed E-state index contributed by atoms with van der Waals surface area (Å²) in [4.78, 5) is 27.5. The number of aromatic nitrogens is 3. The number of benzene rings is 4. The lowest BCUT2D eigenvalue weighted by molar-refractivity contribution is -0.110. The van der Waals surface area contributed by atoms with Crippen LogP contribution in [-0.4, -0.2) is 27.0 Å². The van der Waals surface area contributed by atoms with Crippen molar-refractivity contribution in [3.63, 3.8) is 0 Å². The molecule has 1 aromatic heterocycles. The van der Waals surface area contributed by atoms with E-state index in [9.17, 15) is 9.59 Å². The van der Waals surface area contributed by atoms with Crippen LogP contribution >= 0.6 is 11.6 Å². The molecule has 0 saturated carbocycles. The van der Waals surface area contributed by atoms with E-state index in [1.807, 2.05) is 72.8 Å². The third-order valence-corrected chi connectivity index (χ3v) is 6.89. The molecule has 4 aromatic carbocycles. The highest BCUT2D eigenvalue weighted by molar-refractivity contribution is 6.38. The fraction of sp³-hybridized carbons (Fsp3) is 0.0323. The van der Waals surface area contributed by atoms with E-state index in [4.69, 9.17) is 11.6 Å². The van der Waals surface area contributed by atoms with Crippen LogP contribution in [0.25, 0.3) is 39.6 Å². The molecule has 184 valence electrons. The first-order valence-corrected chi connectivity index (χ1v) is 12.4. The van der Waals surface area contributed by atoms with E-state index < -0.39 is 0 Å². The third-order valence-electron chi connectivity index (χ3n) is 6.58. The number of carbonyl (C=O) groups is 2. The minimum atomic E-state index is -0.171. The van der Waals surface area contributed by atoms with Crippen LogP contribution in [0, 0.1) is 0 Å². The smallest absolute Gasteiger partial charge is 0.256 e. The number of hydrogen-bond acceptors (Lipinski definition) is 4. The van der Waals surface area contributed by atoms with Gasteiger partial charge >= 0.3 is 0 Å². The third kappa shape index (κ3) is 4.53. The van der Waals surface area contributed by atoms with E-state index in [1.54, 1.807) is 17.1 Å². The zero-order chi connectivity index (χ0) is 26.1. The standard InChI is InChI=1S/C31H21ClN4O2/c32-29-17-30-27(28(31(38)35-30)15-21-3-1-20(2-4-21)13-14-37)16-26(29)24-7-5-22(6-8-24)23-9-11-25(12-10-23)36-19-33-18-34-36/h1-12,14-19H,13H2,(H,35,38). The van der Waals surface area contributed by atoms with Gasteiger partial charge in [-0.25, -0.2) is 9.67 Å². The predicted octanol–water partition coefficient (Wildman–Crippen LogP) is 6.49. The Kier molecular flexibility index (Phi) is 6.15. The number of anilines is 1. The average Bonchev–Trinajstić information content (AvgIpc) is 3.58. The summed E-state index contributed by atoms with van der Waals surface area (Å²) < 4.78 is 1.72. The molecule has 0 aliphatic carbocycles. The molecule has 7 heteroatoms. The summed E-state index contributed by atoms with van der Waals surface area (Å²) in [6.45, 7) is 0. The van der Waals surface area contributed by atoms with Crippen molar-refractivity contribution in [3.8, 4) is 27.9 Å². The van der Waals surface area contributed by atoms with Gasteiger partial charge in [0.25, 0.3) is 5.91 Å². The molecule has 0 bridgehead atoms. The molecule has 0 unspecified atom stereocenters. The Hall–Kier alpha value is -4.81. The van der Waals surface area contributed by atoms with Crippen molar-refractivity contribution in [3.05, 3.63) is 119 Å². The van der Waals surface area contributed by atoms with Crippen LogP contribution < -0.4 is 5.32 Å². The Balaban J connectivity index is 1.29. The molecule has 5 aromatic rings. The maximum Gasteiger partial charge on any atom is 0.256 e. The summed E-state index contributed by atoms with van der Waals surface area (Å²) in [7, 11) is 0. The largest absolute Gasteiger partial charge is 0.321 e. The summed E-state index contributed by atoms with van der Waals surface area (Å²) in [6.07, 6.45) is 6.28. The van der Waals surface area contributed by atoms with E-state index in [-0.39, 0.29) is 5.91 Å². The van der Waals surface area contributed by atoms with Crippen LogP contribution in [0.15, 0.2) is 97.6 Å². The number of nitrogens with zero attached hydrogens (tertiary/aromatic N) is 3. The topological polar surface area (TPSA) is 76.9 Å². The number of hydrogen-bond donors (Lipinski definition) is 1. The van der Waals surface area contributed by atoms with Crippen LogP contribution in [0.5, 0.6) is 0 Å². The van der Waals surface area contributed by atoms with Crippen molar-refractivity contribution >= 4 is 41.1 Å². The summed E-state index contributed by atoms with van der Waals surface area (Å²) in [5.41, 5.74) is 8.79. The molecule has 6 nitrogen and oxygen atoms in total. The highest BCUT2D eigenvalue weighted by Gasteiger charge is 2.26. The van der Waals surface area contributed by atoms with Crippen molar-refractivity contribution < 1.29 is 9.59 Å². The molecular formula is C31H21ClN4O2. The van der Waals surface area contributed by atoms with E-state index in [1.165, 1.54) is 6.33 Å². The van der Waals surface area contributed by atoms with E-state index in [0.717, 1.165) is 50.9 Å². The maximum atomic E-state index is 12.8. The Bertz CT molecular complexity index is 1670. The monoisotopic (exact) mass is 516 g/mol. The lowest BCUT2D eigenvalue weighted by Gasteiger charge is -2.10. The lowest BCUT2D eigenvalue weighted by Crippen LogP contribution is -2.03. The first-order valence-electron chi connectivity index (χ1n) is 12.0. The van der Waals surface area contributed by atoms with Gasteiger partial charge < -0.3 is 10.1 Å². The molecule has 0 spiro atoms. The first kappa shape index (κ1) is 23.6. The predicted molar refractivity (Wildman–Crippen MR) is 150 cm³/mol. The summed E-state index contributed by atoms with van der Waals surface area (Å²) in [6, 6.07) is 27.7. The highest BCUT2D eigenvalue weighted by atomic mass is 35.5. The minimum absolute atomic E-state index is 0.171. The number of nitrogens with one attached hydrogen (secondary N) is 1. The zero-order valence-electron chi connectivity index (χ0n) is 20.1. The molecule has 2 heterocycles. The number of fused-ring (bicyclic) bond motifs is 1. The quantitative estimate of drug-likeness (QED) is 0.207. The van der Waals surface area contributed by atoms with E-state index in [0.29, 0.717) is 22.7 Å². The molecule has 0 atom stereocenters. The second-order valence-electron chi connectivity index (χ2n) is 8.97. The molecule has 1 N–H and O–H groups in total. The van der Waals surface area contributed by atoms with Gasteiger partial charge in [-0.1, -0.05) is 72.3 Å². The van der Waals surface area contributed by atoms with Gasteiger partial charge in [-0.3, -0.25) is 4.79 Å². The molecule has 1 aliphatic heterocycles. The molecule has 0 saturated heterocycles. The molecular weight excluding hydrogens is 496 g/mol. The van der Waals surface area contributed by atoms with Crippen LogP contribution in [0.4, 0.5) is 5.69 Å². The SMILES string of the molecule is O=CCc1ccc(C=C2C(=O)Nc3cc(Cl)c(-c4ccc(-c5ccc(-n6cncn6)cc5)cc4)cc32)cc1. The maximum absolute atomic E-state index is 12.8. The Morgan fingerprint density at radius 1 is 0.842 bits per heavy atom. The summed E-state index contributed by atoms with van der Waals surface area (Å²) in [5.74, 6) is -0.171. The van der Waals surface area contributed by atoms with Crippen LogP contribution in [0.3, 0.4) is 0 Å². The number of amides is 1. The first-order chi connectivity index (χ1) is 18.6. The van der Waals surface area contributed by atoms with Gasteiger partial charge in [0, 0.05) is 23.1 Å². The molecule has 38 heavy (non-hydrogen) atoms. The fourth-order valence-electron chi connectivity index (χ4n) is 4.58. The molecule has 6 rings (SSSR count). The van der Waals surface area contributed by atoms with Crippen LogP contribution in [0.2, 0.25) is 5.02 Å². The molecule has 0 radical (unpaired) electrons. The summed E-state index contributed by atoms with van der Waals surface area (Å²) >= 11 is 6.66. The minimum Gasteiger partial charge on any atom is -0.321 e. The van der Waals surface area contributed by atoms with Crippen molar-refractivity contribution in [2.75, 3.05) is 5.32 Å². The van der Waals surface area contributed by atoms with Gasteiger partial charge in [0.05, 0.1) is 16.4 Å². The summed E-state index contributed by atoms with van der Waals surface area (Å²) in [5, 5.41) is 7.64. The van der Waals surface area contributed by atoms with E-state index in [2.05, 4.69) is 27.5 Å². The van der Waals surface area contributed by atoms with Gasteiger partial charge in [0.15, 0.2) is 0 Å². The van der Waals surface area contributed by atoms with Gasteiger partial charge in [0.2, 0.25) is 0 Å². The van der Waals surface area contributed by atoms with Gasteiger partial charge in [-0.2, -0.15) is 5.10 Å². The number of aldehydes is 1. The van der Waals surface area contributed by atoms with Gasteiger partial charge in [0.1, 0.15) is 18.9 Å². The van der Waals surface area contributed by atoms with Crippen LogP contribution in [0.1, 0.15) is 16.7 Å². The van der Waals surface area contributed by atoms with E-state index >= 15 is 0 Å². The van der Waals surface area contributed by atoms with Crippen molar-refractivity contribution in [2.45, 2.75) is 6.42 Å². The molecule has 1 amide bonds. The molecule has 0 fully saturated rings. The lowest BCUT2D eigenvalue weighted by atomic mass is 9.96. The number of rotatable bonds is 6. The van der Waals surface area contributed by atoms with Crippen LogP contribution in [-0.2, 0) is 16.0 Å². The van der Waals surface area contributed by atoms with Crippen molar-refractivity contribution in [1.82, 2.24) is 14.8 Å². The highest BCUT2D eigenvalue weighted by Crippen LogP contribution is 2.40. The van der Waals surface area contributed by atoms with Gasteiger partial charge in [-0.05, 0) is 58.2 Å². The second-order valence-corrected chi connectivity index (χ2v) is 9.37. The fourth-order valence-corrected chi connectivity index (χ4v) is 4.85. The Morgan fingerprint density at radius 3 is 2.18 bits per heavy atom. The second kappa shape index (κ2) is 9.92. The van der Waals surface area contributed by atoms with Crippen molar-refractivity contribution in [1.29, 1.82) is 0 Å².